The Labute approximate surface area is 180 Å². The lowest BCUT2D eigenvalue weighted by atomic mass is 10.2. The molecule has 2 aromatic rings. The summed E-state index contributed by atoms with van der Waals surface area (Å²) in [6, 6.07) is 12.6. The quantitative estimate of drug-likeness (QED) is 0.642. The standard InChI is InChI=1S/C22H25N3O6/c1-29-17-11-16(12-18(30-2)20(17)31-3)23-19(26)14-25-10-9-24(21(27)22(25)28)13-15-7-5-4-6-8-15/h4-8,11-12H,9-10,13-14H2,1-3H3,(H,23,26). The van der Waals surface area contributed by atoms with Gasteiger partial charge in [-0.15, -0.1) is 0 Å². The highest BCUT2D eigenvalue weighted by Crippen LogP contribution is 2.39. The van der Waals surface area contributed by atoms with E-state index in [0.29, 0.717) is 36.0 Å². The van der Waals surface area contributed by atoms with E-state index < -0.39 is 17.7 Å². The molecule has 1 N–H and O–H groups in total. The fourth-order valence-corrected chi connectivity index (χ4v) is 3.35. The number of nitrogens with zero attached hydrogens (tertiary/aromatic N) is 2. The van der Waals surface area contributed by atoms with Crippen LogP contribution >= 0.6 is 0 Å². The van der Waals surface area contributed by atoms with Crippen LogP contribution in [0.4, 0.5) is 5.69 Å². The molecule has 3 amide bonds. The summed E-state index contributed by atoms with van der Waals surface area (Å²) >= 11 is 0. The molecule has 2 aromatic carbocycles. The first-order valence-electron chi connectivity index (χ1n) is 9.68. The van der Waals surface area contributed by atoms with Crippen LogP contribution in [0.2, 0.25) is 0 Å². The summed E-state index contributed by atoms with van der Waals surface area (Å²) in [6.45, 7) is 0.758. The Balaban J connectivity index is 1.62. The zero-order valence-corrected chi connectivity index (χ0v) is 17.7. The van der Waals surface area contributed by atoms with Gasteiger partial charge in [0.15, 0.2) is 11.5 Å². The van der Waals surface area contributed by atoms with E-state index in [1.54, 1.807) is 12.1 Å². The van der Waals surface area contributed by atoms with Gasteiger partial charge >= 0.3 is 11.8 Å². The molecule has 0 saturated carbocycles. The third-order valence-electron chi connectivity index (χ3n) is 4.90. The van der Waals surface area contributed by atoms with Crippen LogP contribution in [0, 0.1) is 0 Å². The van der Waals surface area contributed by atoms with Crippen molar-refractivity contribution in [1.82, 2.24) is 9.80 Å². The Morgan fingerprint density at radius 2 is 1.48 bits per heavy atom. The van der Waals surface area contributed by atoms with Gasteiger partial charge in [-0.2, -0.15) is 0 Å². The van der Waals surface area contributed by atoms with Crippen LogP contribution in [0.1, 0.15) is 5.56 Å². The first-order valence-corrected chi connectivity index (χ1v) is 9.68. The van der Waals surface area contributed by atoms with Crippen LogP contribution < -0.4 is 19.5 Å². The molecule has 0 bridgehead atoms. The van der Waals surface area contributed by atoms with Gasteiger partial charge in [-0.05, 0) is 5.56 Å². The van der Waals surface area contributed by atoms with Gasteiger partial charge in [0.05, 0.1) is 21.3 Å². The van der Waals surface area contributed by atoms with E-state index in [1.165, 1.54) is 31.1 Å². The van der Waals surface area contributed by atoms with Gasteiger partial charge in [0.1, 0.15) is 6.54 Å². The molecule has 0 atom stereocenters. The summed E-state index contributed by atoms with van der Waals surface area (Å²) < 4.78 is 15.8. The summed E-state index contributed by atoms with van der Waals surface area (Å²) in [5.74, 6) is -0.570. The molecule has 1 aliphatic heterocycles. The van der Waals surface area contributed by atoms with Crippen molar-refractivity contribution in [2.45, 2.75) is 6.54 Å². The normalized spacial score (nSPS) is 13.8. The molecule has 164 valence electrons. The lowest BCUT2D eigenvalue weighted by Gasteiger charge is -2.33. The van der Waals surface area contributed by atoms with E-state index in [-0.39, 0.29) is 13.1 Å². The third kappa shape index (κ3) is 5.06. The van der Waals surface area contributed by atoms with E-state index in [4.69, 9.17) is 14.2 Å². The van der Waals surface area contributed by atoms with Crippen molar-refractivity contribution in [2.24, 2.45) is 0 Å². The van der Waals surface area contributed by atoms with E-state index in [1.807, 2.05) is 30.3 Å². The number of amides is 3. The minimum atomic E-state index is -0.692. The topological polar surface area (TPSA) is 97.4 Å². The fourth-order valence-electron chi connectivity index (χ4n) is 3.35. The van der Waals surface area contributed by atoms with Gasteiger partial charge in [-0.3, -0.25) is 14.4 Å². The van der Waals surface area contributed by atoms with Gasteiger partial charge in [0, 0.05) is 37.5 Å². The second-order valence-corrected chi connectivity index (χ2v) is 6.90. The molecular weight excluding hydrogens is 402 g/mol. The maximum atomic E-state index is 12.5. The molecule has 1 aliphatic rings. The zero-order valence-electron chi connectivity index (χ0n) is 17.7. The minimum absolute atomic E-state index is 0.236. The van der Waals surface area contributed by atoms with Crippen molar-refractivity contribution < 1.29 is 28.6 Å². The van der Waals surface area contributed by atoms with Gasteiger partial charge in [-0.25, -0.2) is 0 Å². The summed E-state index contributed by atoms with van der Waals surface area (Å²) in [7, 11) is 4.43. The number of hydrogen-bond donors (Lipinski definition) is 1. The highest BCUT2D eigenvalue weighted by Gasteiger charge is 2.33. The average Bonchev–Trinajstić information content (AvgIpc) is 2.78. The smallest absolute Gasteiger partial charge is 0.312 e. The Morgan fingerprint density at radius 1 is 0.903 bits per heavy atom. The van der Waals surface area contributed by atoms with Crippen molar-refractivity contribution in [1.29, 1.82) is 0 Å². The zero-order chi connectivity index (χ0) is 22.4. The van der Waals surface area contributed by atoms with Crippen LogP contribution in [0.15, 0.2) is 42.5 Å². The number of ether oxygens (including phenoxy) is 3. The molecule has 9 heteroatoms. The van der Waals surface area contributed by atoms with Gasteiger partial charge < -0.3 is 29.3 Å². The van der Waals surface area contributed by atoms with Crippen LogP contribution in [-0.4, -0.2) is 68.5 Å². The average molecular weight is 427 g/mol. The number of piperazine rings is 1. The van der Waals surface area contributed by atoms with Crippen LogP contribution in [0.3, 0.4) is 0 Å². The van der Waals surface area contributed by atoms with E-state index in [9.17, 15) is 14.4 Å². The SMILES string of the molecule is COc1cc(NC(=O)CN2CCN(Cc3ccccc3)C(=O)C2=O)cc(OC)c1OC. The molecule has 0 unspecified atom stereocenters. The number of nitrogens with one attached hydrogen (secondary N) is 1. The van der Waals surface area contributed by atoms with Crippen molar-refractivity contribution in [3.8, 4) is 17.2 Å². The Kier molecular flexibility index (Phi) is 6.96. The number of benzene rings is 2. The minimum Gasteiger partial charge on any atom is -0.493 e. The third-order valence-corrected chi connectivity index (χ3v) is 4.90. The summed E-state index contributed by atoms with van der Waals surface area (Å²) in [5, 5.41) is 2.70. The fraction of sp³-hybridized carbons (Fsp3) is 0.318. The first-order chi connectivity index (χ1) is 15.0. The van der Waals surface area contributed by atoms with Crippen molar-refractivity contribution in [3.63, 3.8) is 0 Å². The monoisotopic (exact) mass is 427 g/mol. The molecule has 1 saturated heterocycles. The number of methoxy groups -OCH3 is 3. The second-order valence-electron chi connectivity index (χ2n) is 6.90. The number of carbonyl (C=O) groups excluding carboxylic acids is 3. The summed E-state index contributed by atoms with van der Waals surface area (Å²) in [5.41, 5.74) is 1.36. The summed E-state index contributed by atoms with van der Waals surface area (Å²) in [6.07, 6.45) is 0. The summed E-state index contributed by atoms with van der Waals surface area (Å²) in [4.78, 5) is 40.2. The molecule has 31 heavy (non-hydrogen) atoms. The Hall–Kier alpha value is -3.75. The van der Waals surface area contributed by atoms with Crippen LogP contribution in [0.5, 0.6) is 17.2 Å². The first kappa shape index (κ1) is 21.9. The molecule has 0 aliphatic carbocycles. The Bertz CT molecular complexity index is 938. The van der Waals surface area contributed by atoms with Gasteiger partial charge in [0.25, 0.3) is 0 Å². The van der Waals surface area contributed by atoms with Crippen molar-refractivity contribution >= 4 is 23.4 Å². The maximum Gasteiger partial charge on any atom is 0.312 e. The maximum absolute atomic E-state index is 12.5. The molecule has 1 heterocycles. The molecular formula is C22H25N3O6. The number of hydrogen-bond acceptors (Lipinski definition) is 6. The van der Waals surface area contributed by atoms with Crippen molar-refractivity contribution in [3.05, 3.63) is 48.0 Å². The number of rotatable bonds is 8. The largest absolute Gasteiger partial charge is 0.493 e. The van der Waals surface area contributed by atoms with Crippen LogP contribution in [-0.2, 0) is 20.9 Å². The molecule has 9 nitrogen and oxygen atoms in total. The predicted molar refractivity (Wildman–Crippen MR) is 113 cm³/mol. The van der Waals surface area contributed by atoms with Gasteiger partial charge in [-0.1, -0.05) is 30.3 Å². The molecule has 3 rings (SSSR count). The van der Waals surface area contributed by atoms with E-state index >= 15 is 0 Å². The highest BCUT2D eigenvalue weighted by molar-refractivity contribution is 6.35. The molecule has 0 aromatic heterocycles. The molecule has 1 fully saturated rings. The second kappa shape index (κ2) is 9.84. The van der Waals surface area contributed by atoms with Crippen LogP contribution in [0.25, 0.3) is 0 Å². The number of anilines is 1. The van der Waals surface area contributed by atoms with Crippen molar-refractivity contribution in [2.75, 3.05) is 46.3 Å². The predicted octanol–water partition coefficient (Wildman–Crippen LogP) is 1.52. The number of carbonyl (C=O) groups is 3. The molecule has 0 spiro atoms. The molecule has 0 radical (unpaired) electrons. The highest BCUT2D eigenvalue weighted by atomic mass is 16.5. The lowest BCUT2D eigenvalue weighted by molar-refractivity contribution is -0.157. The lowest BCUT2D eigenvalue weighted by Crippen LogP contribution is -2.55. The van der Waals surface area contributed by atoms with E-state index in [0.717, 1.165) is 5.56 Å². The van der Waals surface area contributed by atoms with Gasteiger partial charge in [0.2, 0.25) is 11.7 Å². The Morgan fingerprint density at radius 3 is 2.06 bits per heavy atom. The van der Waals surface area contributed by atoms with E-state index in [2.05, 4.69) is 5.32 Å².